The summed E-state index contributed by atoms with van der Waals surface area (Å²) in [5, 5.41) is 2.83. The molecule has 0 aromatic heterocycles. The zero-order chi connectivity index (χ0) is 18.6. The van der Waals surface area contributed by atoms with Gasteiger partial charge in [0.25, 0.3) is 10.0 Å². The molecule has 8 heteroatoms. The van der Waals surface area contributed by atoms with E-state index in [1.54, 1.807) is 18.2 Å². The van der Waals surface area contributed by atoms with Crippen LogP contribution >= 0.6 is 0 Å². The molecular weight excluding hydrogens is 340 g/mol. The van der Waals surface area contributed by atoms with E-state index in [1.807, 2.05) is 20.8 Å². The average molecular weight is 366 g/mol. The number of sulfonamides is 1. The van der Waals surface area contributed by atoms with Gasteiger partial charge < -0.3 is 11.1 Å². The highest BCUT2D eigenvalue weighted by Crippen LogP contribution is 2.23. The van der Waals surface area contributed by atoms with E-state index >= 15 is 0 Å². The Morgan fingerprint density at radius 3 is 2.60 bits per heavy atom. The van der Waals surface area contributed by atoms with Gasteiger partial charge in [-0.05, 0) is 37.8 Å². The Morgan fingerprint density at radius 2 is 1.96 bits per heavy atom. The molecule has 2 atom stereocenters. The zero-order valence-electron chi connectivity index (χ0n) is 14.8. The topological polar surface area (TPSA) is 114 Å². The molecule has 25 heavy (non-hydrogen) atoms. The van der Waals surface area contributed by atoms with E-state index in [2.05, 4.69) is 15.0 Å². The van der Waals surface area contributed by atoms with Crippen molar-refractivity contribution in [3.05, 3.63) is 29.8 Å². The predicted molar refractivity (Wildman–Crippen MR) is 97.8 cm³/mol. The summed E-state index contributed by atoms with van der Waals surface area (Å²) >= 11 is 0. The third kappa shape index (κ3) is 5.02. The van der Waals surface area contributed by atoms with Crippen LogP contribution in [0.25, 0.3) is 0 Å². The fourth-order valence-corrected chi connectivity index (χ4v) is 3.83. The van der Waals surface area contributed by atoms with Gasteiger partial charge in [0.2, 0.25) is 5.91 Å². The number of nitrogens with one attached hydrogen (secondary N) is 2. The molecule has 0 saturated carbocycles. The summed E-state index contributed by atoms with van der Waals surface area (Å²) < 4.78 is 26.8. The van der Waals surface area contributed by atoms with Crippen LogP contribution < -0.4 is 15.8 Å². The summed E-state index contributed by atoms with van der Waals surface area (Å²) in [5.74, 6) is 0.246. The third-order valence-electron chi connectivity index (χ3n) is 3.84. The van der Waals surface area contributed by atoms with E-state index in [1.165, 1.54) is 6.07 Å². The molecule has 1 aromatic rings. The molecule has 0 aliphatic carbocycles. The standard InChI is InChI=1S/C17H26N4O3S/c1-11(2)10-14(17(22)19-9-8-12(3)18)20-16-13-6-4-5-7-15(13)25(23,24)21-16/h4-7,11-12,14H,8-10,18H2,1-3H3,(H,19,22)(H,20,21). The van der Waals surface area contributed by atoms with Crippen molar-refractivity contribution < 1.29 is 13.2 Å². The lowest BCUT2D eigenvalue weighted by Gasteiger charge is -2.16. The first kappa shape index (κ1) is 19.4. The van der Waals surface area contributed by atoms with Crippen LogP contribution in [-0.2, 0) is 14.8 Å². The van der Waals surface area contributed by atoms with Crippen molar-refractivity contribution in [2.45, 2.75) is 50.6 Å². The summed E-state index contributed by atoms with van der Waals surface area (Å²) in [5.41, 5.74) is 6.19. The molecular formula is C17H26N4O3S. The first-order valence-corrected chi connectivity index (χ1v) is 9.92. The fourth-order valence-electron chi connectivity index (χ4n) is 2.59. The minimum absolute atomic E-state index is 0.00341. The van der Waals surface area contributed by atoms with Crippen molar-refractivity contribution in [1.82, 2.24) is 10.0 Å². The van der Waals surface area contributed by atoms with Gasteiger partial charge in [0.1, 0.15) is 11.9 Å². The minimum Gasteiger partial charge on any atom is -0.354 e. The maximum Gasteiger partial charge on any atom is 0.263 e. The van der Waals surface area contributed by atoms with Crippen LogP contribution in [0, 0.1) is 5.92 Å². The second-order valence-corrected chi connectivity index (χ2v) is 8.43. The molecule has 2 unspecified atom stereocenters. The van der Waals surface area contributed by atoms with Crippen molar-refractivity contribution in [1.29, 1.82) is 0 Å². The normalized spacial score (nSPS) is 19.3. The third-order valence-corrected chi connectivity index (χ3v) is 5.24. The molecule has 0 fully saturated rings. The minimum atomic E-state index is -3.61. The molecule has 1 aromatic carbocycles. The molecule has 0 saturated heterocycles. The molecule has 1 amide bonds. The van der Waals surface area contributed by atoms with Crippen LogP contribution in [0.5, 0.6) is 0 Å². The molecule has 4 N–H and O–H groups in total. The van der Waals surface area contributed by atoms with Crippen LogP contribution in [0.2, 0.25) is 0 Å². The highest BCUT2D eigenvalue weighted by molar-refractivity contribution is 7.90. The highest BCUT2D eigenvalue weighted by Gasteiger charge is 2.32. The summed E-state index contributed by atoms with van der Waals surface area (Å²) in [6.45, 7) is 6.34. The second-order valence-electron chi connectivity index (χ2n) is 6.78. The molecule has 0 bridgehead atoms. The van der Waals surface area contributed by atoms with Gasteiger partial charge >= 0.3 is 0 Å². The van der Waals surface area contributed by atoms with Crippen molar-refractivity contribution in [3.63, 3.8) is 0 Å². The fraction of sp³-hybridized carbons (Fsp3) is 0.529. The Labute approximate surface area is 149 Å². The Morgan fingerprint density at radius 1 is 1.28 bits per heavy atom. The number of aliphatic imine (C=N–C) groups is 1. The number of carbonyl (C=O) groups is 1. The van der Waals surface area contributed by atoms with E-state index in [-0.39, 0.29) is 28.6 Å². The lowest BCUT2D eigenvalue weighted by atomic mass is 10.0. The number of rotatable bonds is 7. The molecule has 138 valence electrons. The van der Waals surface area contributed by atoms with Gasteiger partial charge in [-0.15, -0.1) is 0 Å². The van der Waals surface area contributed by atoms with Gasteiger partial charge in [0.05, 0.1) is 4.90 Å². The van der Waals surface area contributed by atoms with Gasteiger partial charge in [-0.25, -0.2) is 8.42 Å². The Bertz CT molecular complexity index is 757. The summed E-state index contributed by atoms with van der Waals surface area (Å²) in [7, 11) is -3.61. The number of hydrogen-bond acceptors (Lipinski definition) is 5. The molecule has 2 rings (SSSR count). The van der Waals surface area contributed by atoms with Gasteiger partial charge in [0.15, 0.2) is 0 Å². The van der Waals surface area contributed by atoms with Gasteiger partial charge in [0, 0.05) is 18.2 Å². The van der Waals surface area contributed by atoms with Crippen molar-refractivity contribution in [2.75, 3.05) is 6.54 Å². The maximum atomic E-state index is 12.5. The Balaban J connectivity index is 2.25. The summed E-state index contributed by atoms with van der Waals surface area (Å²) in [4.78, 5) is 17.1. The van der Waals surface area contributed by atoms with E-state index in [0.717, 1.165) is 0 Å². The van der Waals surface area contributed by atoms with E-state index < -0.39 is 16.1 Å². The van der Waals surface area contributed by atoms with Crippen LogP contribution in [0.4, 0.5) is 0 Å². The molecule has 1 aliphatic rings. The monoisotopic (exact) mass is 366 g/mol. The van der Waals surface area contributed by atoms with Gasteiger partial charge in [-0.3, -0.25) is 14.5 Å². The molecule has 0 radical (unpaired) electrons. The van der Waals surface area contributed by atoms with Crippen LogP contribution in [0.15, 0.2) is 34.2 Å². The number of benzene rings is 1. The SMILES string of the molecule is CC(C)CC(N=C1NS(=O)(=O)c2ccccc21)C(=O)NCCC(C)N. The predicted octanol–water partition coefficient (Wildman–Crippen LogP) is 0.993. The van der Waals surface area contributed by atoms with Crippen LogP contribution in [-0.4, -0.2) is 38.8 Å². The average Bonchev–Trinajstić information content (AvgIpc) is 2.77. The number of hydrogen-bond donors (Lipinski definition) is 3. The number of amidine groups is 1. The number of nitrogens with zero attached hydrogens (tertiary/aromatic N) is 1. The molecule has 7 nitrogen and oxygen atoms in total. The number of carbonyl (C=O) groups excluding carboxylic acids is 1. The first-order valence-electron chi connectivity index (χ1n) is 8.44. The maximum absolute atomic E-state index is 12.5. The quantitative estimate of drug-likeness (QED) is 0.668. The van der Waals surface area contributed by atoms with Gasteiger partial charge in [-0.1, -0.05) is 26.0 Å². The Hall–Kier alpha value is -1.93. The Kier molecular flexibility index (Phi) is 6.18. The van der Waals surface area contributed by atoms with Crippen molar-refractivity contribution in [3.8, 4) is 0 Å². The van der Waals surface area contributed by atoms with E-state index in [9.17, 15) is 13.2 Å². The molecule has 1 aliphatic heterocycles. The number of fused-ring (bicyclic) bond motifs is 1. The van der Waals surface area contributed by atoms with E-state index in [4.69, 9.17) is 5.73 Å². The molecule has 0 spiro atoms. The zero-order valence-corrected chi connectivity index (χ0v) is 15.6. The number of amides is 1. The lowest BCUT2D eigenvalue weighted by Crippen LogP contribution is -2.38. The second kappa shape index (κ2) is 7.97. The summed E-state index contributed by atoms with van der Waals surface area (Å²) in [6.07, 6.45) is 1.20. The van der Waals surface area contributed by atoms with E-state index in [0.29, 0.717) is 24.9 Å². The smallest absolute Gasteiger partial charge is 0.263 e. The van der Waals surface area contributed by atoms with Crippen LogP contribution in [0.1, 0.15) is 39.2 Å². The first-order chi connectivity index (χ1) is 11.7. The highest BCUT2D eigenvalue weighted by atomic mass is 32.2. The largest absolute Gasteiger partial charge is 0.354 e. The van der Waals surface area contributed by atoms with Crippen molar-refractivity contribution in [2.24, 2.45) is 16.6 Å². The van der Waals surface area contributed by atoms with Gasteiger partial charge in [-0.2, -0.15) is 0 Å². The number of nitrogens with two attached hydrogens (primary N) is 1. The van der Waals surface area contributed by atoms with Crippen molar-refractivity contribution >= 4 is 21.8 Å². The lowest BCUT2D eigenvalue weighted by molar-refractivity contribution is -0.122. The van der Waals surface area contributed by atoms with Crippen LogP contribution in [0.3, 0.4) is 0 Å². The summed E-state index contributed by atoms with van der Waals surface area (Å²) in [6, 6.07) is 5.97. The molecule has 1 heterocycles.